The molecule has 3 rings (SSSR count). The van der Waals surface area contributed by atoms with Crippen LogP contribution < -0.4 is 5.56 Å². The average molecular weight is 325 g/mol. The maximum absolute atomic E-state index is 11.7. The van der Waals surface area contributed by atoms with E-state index in [4.69, 9.17) is 0 Å². The van der Waals surface area contributed by atoms with Crippen molar-refractivity contribution in [3.05, 3.63) is 38.0 Å². The maximum Gasteiger partial charge on any atom is 0.251 e. The van der Waals surface area contributed by atoms with Gasteiger partial charge in [-0.25, -0.2) is 4.98 Å². The Kier molecular flexibility index (Phi) is 3.35. The van der Waals surface area contributed by atoms with Gasteiger partial charge in [0.25, 0.3) is 5.56 Å². The van der Waals surface area contributed by atoms with Crippen LogP contribution in [0.2, 0.25) is 0 Å². The average Bonchev–Trinajstić information content (AvgIpc) is 2.98. The van der Waals surface area contributed by atoms with Crippen molar-refractivity contribution in [3.8, 4) is 10.7 Å². The second-order valence-electron chi connectivity index (χ2n) is 4.60. The molecule has 0 bridgehead atoms. The molecule has 0 spiro atoms. The van der Waals surface area contributed by atoms with Gasteiger partial charge in [-0.2, -0.15) is 0 Å². The van der Waals surface area contributed by atoms with Crippen molar-refractivity contribution in [2.24, 2.45) is 0 Å². The second-order valence-corrected chi connectivity index (χ2v) is 7.07. The van der Waals surface area contributed by atoms with Crippen LogP contribution in [0.3, 0.4) is 0 Å². The van der Waals surface area contributed by atoms with Crippen LogP contribution in [0.25, 0.3) is 10.7 Å². The van der Waals surface area contributed by atoms with Gasteiger partial charge in [0.15, 0.2) is 5.82 Å². The quantitative estimate of drug-likeness (QED) is 0.910. The topological polar surface area (TPSA) is 45.8 Å². The molecule has 0 atom stereocenters. The molecule has 0 amide bonds. The zero-order valence-electron chi connectivity index (χ0n) is 9.78. The first kappa shape index (κ1) is 12.1. The number of nitrogens with zero attached hydrogens (tertiary/aromatic N) is 1. The summed E-state index contributed by atoms with van der Waals surface area (Å²) in [7, 11) is 0. The van der Waals surface area contributed by atoms with E-state index in [0.717, 1.165) is 27.2 Å². The van der Waals surface area contributed by atoms with E-state index in [0.29, 0.717) is 11.7 Å². The van der Waals surface area contributed by atoms with Crippen molar-refractivity contribution in [1.29, 1.82) is 0 Å². The number of aromatic amines is 1. The SMILES string of the molecule is O=c1cc(C2CCCC2)nc(-c2ccc(Br)s2)[nH]1. The number of hydrogen-bond acceptors (Lipinski definition) is 3. The molecule has 1 fully saturated rings. The fourth-order valence-corrected chi connectivity index (χ4v) is 3.80. The van der Waals surface area contributed by atoms with Gasteiger partial charge in [0.1, 0.15) is 0 Å². The van der Waals surface area contributed by atoms with Crippen molar-refractivity contribution in [1.82, 2.24) is 9.97 Å². The number of H-pyrrole nitrogens is 1. The normalized spacial score (nSPS) is 16.3. The van der Waals surface area contributed by atoms with Gasteiger partial charge in [-0.05, 0) is 40.9 Å². The zero-order valence-corrected chi connectivity index (χ0v) is 12.2. The number of halogens is 1. The Morgan fingerprint density at radius 2 is 2.11 bits per heavy atom. The largest absolute Gasteiger partial charge is 0.306 e. The third-order valence-corrected chi connectivity index (χ3v) is 4.97. The molecule has 2 aromatic heterocycles. The van der Waals surface area contributed by atoms with Crippen LogP contribution in [0.4, 0.5) is 0 Å². The smallest absolute Gasteiger partial charge is 0.251 e. The minimum atomic E-state index is -0.0496. The first-order valence-corrected chi connectivity index (χ1v) is 7.70. The summed E-state index contributed by atoms with van der Waals surface area (Å²) in [4.78, 5) is 20.2. The van der Waals surface area contributed by atoms with Crippen LogP contribution in [-0.2, 0) is 0 Å². The van der Waals surface area contributed by atoms with Gasteiger partial charge in [0, 0.05) is 12.0 Å². The Bertz CT molecular complexity index is 613. The van der Waals surface area contributed by atoms with Gasteiger partial charge in [0.2, 0.25) is 0 Å². The molecule has 0 saturated heterocycles. The van der Waals surface area contributed by atoms with E-state index in [1.165, 1.54) is 12.8 Å². The van der Waals surface area contributed by atoms with E-state index in [2.05, 4.69) is 25.9 Å². The highest BCUT2D eigenvalue weighted by Gasteiger charge is 2.19. The molecule has 1 N–H and O–H groups in total. The predicted molar refractivity (Wildman–Crippen MR) is 77.1 cm³/mol. The summed E-state index contributed by atoms with van der Waals surface area (Å²) in [5.74, 6) is 1.16. The highest BCUT2D eigenvalue weighted by atomic mass is 79.9. The van der Waals surface area contributed by atoms with Crippen LogP contribution in [-0.4, -0.2) is 9.97 Å². The first-order chi connectivity index (χ1) is 8.72. The van der Waals surface area contributed by atoms with Gasteiger partial charge < -0.3 is 4.98 Å². The molecule has 0 unspecified atom stereocenters. The lowest BCUT2D eigenvalue weighted by molar-refractivity contribution is 0.693. The Morgan fingerprint density at radius 1 is 1.33 bits per heavy atom. The lowest BCUT2D eigenvalue weighted by atomic mass is 10.0. The molecular weight excluding hydrogens is 312 g/mol. The van der Waals surface area contributed by atoms with Gasteiger partial charge in [-0.15, -0.1) is 11.3 Å². The monoisotopic (exact) mass is 324 g/mol. The molecule has 0 aliphatic heterocycles. The predicted octanol–water partition coefficient (Wildman–Crippen LogP) is 3.92. The molecule has 3 nitrogen and oxygen atoms in total. The van der Waals surface area contributed by atoms with Gasteiger partial charge in [-0.1, -0.05) is 12.8 Å². The van der Waals surface area contributed by atoms with Crippen LogP contribution >= 0.6 is 27.3 Å². The number of thiophene rings is 1. The maximum atomic E-state index is 11.7. The van der Waals surface area contributed by atoms with Crippen LogP contribution in [0, 0.1) is 0 Å². The fraction of sp³-hybridized carbons (Fsp3) is 0.385. The van der Waals surface area contributed by atoms with Gasteiger partial charge in [0.05, 0.1) is 14.4 Å². The van der Waals surface area contributed by atoms with Crippen molar-refractivity contribution < 1.29 is 0 Å². The second kappa shape index (κ2) is 4.97. The molecule has 18 heavy (non-hydrogen) atoms. The number of aromatic nitrogens is 2. The van der Waals surface area contributed by atoms with Crippen molar-refractivity contribution >= 4 is 27.3 Å². The highest BCUT2D eigenvalue weighted by Crippen LogP contribution is 2.34. The molecular formula is C13H13BrN2OS. The third kappa shape index (κ3) is 2.42. The third-order valence-electron chi connectivity index (χ3n) is 3.34. The van der Waals surface area contributed by atoms with E-state index in [1.807, 2.05) is 12.1 Å². The van der Waals surface area contributed by atoms with Crippen molar-refractivity contribution in [2.45, 2.75) is 31.6 Å². The van der Waals surface area contributed by atoms with Gasteiger partial charge >= 0.3 is 0 Å². The summed E-state index contributed by atoms with van der Waals surface area (Å²) in [5, 5.41) is 0. The Hall–Kier alpha value is -0.940. The first-order valence-electron chi connectivity index (χ1n) is 6.09. The summed E-state index contributed by atoms with van der Waals surface area (Å²) in [5.41, 5.74) is 0.905. The van der Waals surface area contributed by atoms with E-state index in [9.17, 15) is 4.79 Å². The lowest BCUT2D eigenvalue weighted by Crippen LogP contribution is -2.11. The Labute approximate surface area is 117 Å². The standard InChI is InChI=1S/C13H13BrN2OS/c14-11-6-5-10(18-11)13-15-9(7-12(17)16-13)8-3-1-2-4-8/h5-8H,1-4H2,(H,15,16,17). The van der Waals surface area contributed by atoms with Crippen LogP contribution in [0.15, 0.2) is 26.8 Å². The Balaban J connectivity index is 2.02. The molecule has 2 heterocycles. The molecule has 1 aliphatic rings. The molecule has 1 aliphatic carbocycles. The highest BCUT2D eigenvalue weighted by molar-refractivity contribution is 9.11. The van der Waals surface area contributed by atoms with Crippen LogP contribution in [0.1, 0.15) is 37.3 Å². The van der Waals surface area contributed by atoms with Gasteiger partial charge in [-0.3, -0.25) is 4.79 Å². The lowest BCUT2D eigenvalue weighted by Gasteiger charge is -2.08. The summed E-state index contributed by atoms with van der Waals surface area (Å²) in [6, 6.07) is 5.61. The van der Waals surface area contributed by atoms with Crippen molar-refractivity contribution in [3.63, 3.8) is 0 Å². The minimum absolute atomic E-state index is 0.0496. The van der Waals surface area contributed by atoms with E-state index >= 15 is 0 Å². The molecule has 0 radical (unpaired) electrons. The summed E-state index contributed by atoms with van der Waals surface area (Å²) >= 11 is 5.02. The molecule has 1 saturated carbocycles. The molecule has 2 aromatic rings. The summed E-state index contributed by atoms with van der Waals surface area (Å²) < 4.78 is 1.05. The zero-order chi connectivity index (χ0) is 12.5. The van der Waals surface area contributed by atoms with E-state index in [1.54, 1.807) is 17.4 Å². The fourth-order valence-electron chi connectivity index (χ4n) is 2.47. The van der Waals surface area contributed by atoms with Crippen molar-refractivity contribution in [2.75, 3.05) is 0 Å². The molecule has 94 valence electrons. The molecule has 5 heteroatoms. The summed E-state index contributed by atoms with van der Waals surface area (Å²) in [6.07, 6.45) is 4.81. The van der Waals surface area contributed by atoms with Crippen LogP contribution in [0.5, 0.6) is 0 Å². The minimum Gasteiger partial charge on any atom is -0.306 e. The number of rotatable bonds is 2. The number of nitrogens with one attached hydrogen (secondary N) is 1. The summed E-state index contributed by atoms with van der Waals surface area (Å²) in [6.45, 7) is 0. The number of hydrogen-bond donors (Lipinski definition) is 1. The Morgan fingerprint density at radius 3 is 2.78 bits per heavy atom. The van der Waals surface area contributed by atoms with E-state index < -0.39 is 0 Å². The van der Waals surface area contributed by atoms with E-state index in [-0.39, 0.29) is 5.56 Å². The molecule has 0 aromatic carbocycles.